The standard InChI is InChI=1S/C29H31N9O3/c1-20-16-21(5-6-24(20)41-22-7-12-37-25(17-22)31-18-33-37)35-28-27-23(8-13-38(27)34-19-32-28)29(40)9-14-36(15-10-29)26(39)4-3-11-30-2/h3-8,12-13,16-19,30,40H,9-11,14-15H2,1-2H3,(H,32,34,35)/b4-3+. The number of anilines is 2. The number of benzene rings is 1. The largest absolute Gasteiger partial charge is 0.457 e. The van der Waals surface area contributed by atoms with Gasteiger partial charge in [0.25, 0.3) is 0 Å². The first-order valence-corrected chi connectivity index (χ1v) is 13.4. The summed E-state index contributed by atoms with van der Waals surface area (Å²) in [5.41, 5.74) is 2.77. The summed E-state index contributed by atoms with van der Waals surface area (Å²) in [4.78, 5) is 23.0. The van der Waals surface area contributed by atoms with E-state index in [1.54, 1.807) is 32.3 Å². The van der Waals surface area contributed by atoms with Gasteiger partial charge in [-0.2, -0.15) is 10.2 Å². The van der Waals surface area contributed by atoms with Gasteiger partial charge < -0.3 is 25.4 Å². The number of fused-ring (bicyclic) bond motifs is 2. The zero-order valence-corrected chi connectivity index (χ0v) is 22.9. The highest BCUT2D eigenvalue weighted by molar-refractivity contribution is 5.87. The van der Waals surface area contributed by atoms with E-state index in [1.807, 2.05) is 56.6 Å². The van der Waals surface area contributed by atoms with Crippen LogP contribution in [0.4, 0.5) is 11.5 Å². The van der Waals surface area contributed by atoms with E-state index >= 15 is 0 Å². The third-order valence-corrected chi connectivity index (χ3v) is 7.36. The number of aryl methyl sites for hydroxylation is 1. The molecule has 0 atom stereocenters. The zero-order valence-electron chi connectivity index (χ0n) is 22.9. The molecule has 12 heteroatoms. The molecule has 0 unspecified atom stereocenters. The Bertz CT molecular complexity index is 1730. The van der Waals surface area contributed by atoms with E-state index < -0.39 is 5.60 Å². The minimum atomic E-state index is -1.11. The number of hydrogen-bond donors (Lipinski definition) is 3. The molecule has 0 saturated carbocycles. The second kappa shape index (κ2) is 11.0. The summed E-state index contributed by atoms with van der Waals surface area (Å²) in [6, 6.07) is 11.3. The second-order valence-electron chi connectivity index (χ2n) is 10.1. The van der Waals surface area contributed by atoms with Gasteiger partial charge in [-0.15, -0.1) is 0 Å². The van der Waals surface area contributed by atoms with E-state index in [-0.39, 0.29) is 5.91 Å². The lowest BCUT2D eigenvalue weighted by Gasteiger charge is -2.38. The molecule has 0 radical (unpaired) electrons. The van der Waals surface area contributed by atoms with Crippen LogP contribution in [0.15, 0.2) is 73.6 Å². The van der Waals surface area contributed by atoms with E-state index in [9.17, 15) is 9.90 Å². The number of pyridine rings is 1. The molecule has 210 valence electrons. The summed E-state index contributed by atoms with van der Waals surface area (Å²) in [7, 11) is 1.83. The topological polar surface area (TPSA) is 134 Å². The summed E-state index contributed by atoms with van der Waals surface area (Å²) in [6.07, 6.45) is 10.8. The Morgan fingerprint density at radius 2 is 1.85 bits per heavy atom. The maximum Gasteiger partial charge on any atom is 0.246 e. The fraction of sp³-hybridized carbons (Fsp3) is 0.276. The van der Waals surface area contributed by atoms with Gasteiger partial charge in [-0.3, -0.25) is 4.79 Å². The van der Waals surface area contributed by atoms with Crippen molar-refractivity contribution in [1.29, 1.82) is 0 Å². The maximum absolute atomic E-state index is 12.5. The molecule has 12 nitrogen and oxygen atoms in total. The number of ether oxygens (including phenoxy) is 1. The third kappa shape index (κ3) is 5.34. The molecule has 0 aliphatic carbocycles. The van der Waals surface area contributed by atoms with Crippen molar-refractivity contribution in [3.63, 3.8) is 0 Å². The first-order valence-electron chi connectivity index (χ1n) is 13.4. The van der Waals surface area contributed by atoms with Gasteiger partial charge >= 0.3 is 0 Å². The van der Waals surface area contributed by atoms with Crippen molar-refractivity contribution in [2.45, 2.75) is 25.4 Å². The van der Waals surface area contributed by atoms with Gasteiger partial charge in [-0.1, -0.05) is 6.08 Å². The lowest BCUT2D eigenvalue weighted by atomic mass is 9.85. The predicted molar refractivity (Wildman–Crippen MR) is 153 cm³/mol. The number of piperidine rings is 1. The van der Waals surface area contributed by atoms with Crippen LogP contribution in [0.5, 0.6) is 11.5 Å². The van der Waals surface area contributed by atoms with Crippen LogP contribution in [-0.2, 0) is 10.4 Å². The third-order valence-electron chi connectivity index (χ3n) is 7.36. The van der Waals surface area contributed by atoms with Crippen LogP contribution >= 0.6 is 0 Å². The highest BCUT2D eigenvalue weighted by Gasteiger charge is 2.37. The Balaban J connectivity index is 1.20. The Labute approximate surface area is 236 Å². The molecule has 0 spiro atoms. The van der Waals surface area contributed by atoms with E-state index in [4.69, 9.17) is 4.74 Å². The van der Waals surface area contributed by atoms with Gasteiger partial charge in [0.05, 0.1) is 5.60 Å². The SMILES string of the molecule is CNC/C=C/C(=O)N1CCC(O)(c2ccn3ncnc(Nc4ccc(Oc5ccn6ncnc6c5)c(C)c4)c23)CC1. The Morgan fingerprint density at radius 3 is 2.66 bits per heavy atom. The van der Waals surface area contributed by atoms with Crippen molar-refractivity contribution in [1.82, 2.24) is 39.4 Å². The second-order valence-corrected chi connectivity index (χ2v) is 10.1. The van der Waals surface area contributed by atoms with E-state index in [0.717, 1.165) is 16.8 Å². The number of likely N-dealkylation sites (tertiary alicyclic amines) is 1. The normalized spacial score (nSPS) is 15.1. The molecule has 1 saturated heterocycles. The highest BCUT2D eigenvalue weighted by atomic mass is 16.5. The molecule has 41 heavy (non-hydrogen) atoms. The van der Waals surface area contributed by atoms with Crippen molar-refractivity contribution in [2.24, 2.45) is 0 Å². The first-order chi connectivity index (χ1) is 19.9. The van der Waals surface area contributed by atoms with E-state index in [0.29, 0.717) is 61.0 Å². The lowest BCUT2D eigenvalue weighted by molar-refractivity contribution is -0.130. The molecule has 1 aromatic carbocycles. The molecular weight excluding hydrogens is 522 g/mol. The molecule has 1 amide bonds. The highest BCUT2D eigenvalue weighted by Crippen LogP contribution is 2.38. The molecule has 5 heterocycles. The Kier molecular flexibility index (Phi) is 7.08. The molecule has 4 aromatic heterocycles. The number of hydrogen-bond acceptors (Lipinski definition) is 9. The smallest absolute Gasteiger partial charge is 0.246 e. The van der Waals surface area contributed by atoms with Crippen molar-refractivity contribution in [2.75, 3.05) is 32.0 Å². The van der Waals surface area contributed by atoms with Crippen LogP contribution in [0.2, 0.25) is 0 Å². The van der Waals surface area contributed by atoms with Gasteiger partial charge in [0.1, 0.15) is 29.7 Å². The fourth-order valence-corrected chi connectivity index (χ4v) is 5.14. The molecule has 0 bridgehead atoms. The summed E-state index contributed by atoms with van der Waals surface area (Å²) < 4.78 is 9.50. The van der Waals surface area contributed by atoms with Crippen LogP contribution in [0.3, 0.4) is 0 Å². The van der Waals surface area contributed by atoms with Gasteiger partial charge in [0.2, 0.25) is 5.91 Å². The van der Waals surface area contributed by atoms with Crippen LogP contribution in [0.25, 0.3) is 11.2 Å². The maximum atomic E-state index is 12.5. The van der Waals surface area contributed by atoms with Gasteiger partial charge in [-0.05, 0) is 62.7 Å². The van der Waals surface area contributed by atoms with Crippen molar-refractivity contribution in [3.05, 3.63) is 84.7 Å². The molecule has 6 rings (SSSR count). The van der Waals surface area contributed by atoms with Crippen molar-refractivity contribution < 1.29 is 14.6 Å². The van der Waals surface area contributed by atoms with E-state index in [2.05, 4.69) is 30.8 Å². The quantitative estimate of drug-likeness (QED) is 0.248. The number of nitrogens with one attached hydrogen (secondary N) is 2. The van der Waals surface area contributed by atoms with Crippen LogP contribution in [0, 0.1) is 6.92 Å². The van der Waals surface area contributed by atoms with Gasteiger partial charge in [0, 0.05) is 55.4 Å². The molecule has 1 aliphatic heterocycles. The summed E-state index contributed by atoms with van der Waals surface area (Å²) >= 11 is 0. The monoisotopic (exact) mass is 553 g/mol. The number of carbonyl (C=O) groups excluding carboxylic acids is 1. The zero-order chi connectivity index (χ0) is 28.4. The molecule has 5 aromatic rings. The molecular formula is C29H31N9O3. The number of rotatable bonds is 8. The van der Waals surface area contributed by atoms with Crippen molar-refractivity contribution in [3.8, 4) is 11.5 Å². The fourth-order valence-electron chi connectivity index (χ4n) is 5.14. The lowest BCUT2D eigenvalue weighted by Crippen LogP contribution is -2.44. The average molecular weight is 554 g/mol. The number of carbonyl (C=O) groups is 1. The molecule has 3 N–H and O–H groups in total. The summed E-state index contributed by atoms with van der Waals surface area (Å²) in [5, 5.41) is 26.6. The first kappa shape index (κ1) is 26.4. The van der Waals surface area contributed by atoms with Crippen LogP contribution in [0.1, 0.15) is 24.0 Å². The summed E-state index contributed by atoms with van der Waals surface area (Å²) in [6.45, 7) is 3.51. The number of nitrogens with zero attached hydrogens (tertiary/aromatic N) is 7. The number of likely N-dealkylation sites (N-methyl/N-ethyl adjacent to an activating group) is 1. The van der Waals surface area contributed by atoms with E-state index in [1.165, 1.54) is 12.7 Å². The van der Waals surface area contributed by atoms with Crippen LogP contribution < -0.4 is 15.4 Å². The Hall–Kier alpha value is -4.81. The summed E-state index contributed by atoms with van der Waals surface area (Å²) in [5.74, 6) is 1.91. The van der Waals surface area contributed by atoms with Crippen LogP contribution in [-0.4, -0.2) is 71.8 Å². The number of aliphatic hydroxyl groups is 1. The van der Waals surface area contributed by atoms with Crippen molar-refractivity contribution >= 4 is 28.6 Å². The van der Waals surface area contributed by atoms with Gasteiger partial charge in [-0.25, -0.2) is 19.0 Å². The molecule has 1 aliphatic rings. The predicted octanol–water partition coefficient (Wildman–Crippen LogP) is 3.20. The van der Waals surface area contributed by atoms with Gasteiger partial charge in [0.15, 0.2) is 11.5 Å². The minimum Gasteiger partial charge on any atom is -0.457 e. The molecule has 1 fully saturated rings. The Morgan fingerprint density at radius 1 is 1.07 bits per heavy atom. The minimum absolute atomic E-state index is 0.0448. The average Bonchev–Trinajstić information content (AvgIpc) is 3.63. The number of amides is 1. The number of aromatic nitrogens is 6.